The molecule has 0 bridgehead atoms. The minimum atomic E-state index is -0.458. The monoisotopic (exact) mass is 426 g/mol. The molecule has 0 N–H and O–H groups in total. The Morgan fingerprint density at radius 3 is 2.70 bits per heavy atom. The average Bonchev–Trinajstić information content (AvgIpc) is 3.10. The maximum Gasteiger partial charge on any atom is 0.410 e. The first-order valence-corrected chi connectivity index (χ1v) is 10.7. The maximum absolute atomic E-state index is 12.3. The second-order valence-corrected chi connectivity index (χ2v) is 9.28. The number of nitrogens with zero attached hydrogens (tertiary/aromatic N) is 4. The van der Waals surface area contributed by atoms with Crippen molar-refractivity contribution in [2.45, 2.75) is 45.6 Å². The van der Waals surface area contributed by atoms with Crippen molar-refractivity contribution < 1.29 is 9.53 Å². The predicted molar refractivity (Wildman–Crippen MR) is 118 cm³/mol. The number of pyridine rings is 2. The van der Waals surface area contributed by atoms with Gasteiger partial charge in [-0.25, -0.2) is 9.78 Å². The Hall–Kier alpha value is -2.60. The lowest BCUT2D eigenvalue weighted by Gasteiger charge is -2.33. The molecule has 7 heteroatoms. The van der Waals surface area contributed by atoms with Gasteiger partial charge < -0.3 is 9.64 Å². The molecule has 1 fully saturated rings. The van der Waals surface area contributed by atoms with Crippen LogP contribution in [0.4, 0.5) is 4.79 Å². The highest BCUT2D eigenvalue weighted by Gasteiger charge is 2.27. The number of carbonyl (C=O) groups is 1. The van der Waals surface area contributed by atoms with E-state index in [0.29, 0.717) is 10.9 Å². The third-order valence-corrected chi connectivity index (χ3v) is 5.53. The summed E-state index contributed by atoms with van der Waals surface area (Å²) in [5.41, 5.74) is 3.25. The summed E-state index contributed by atoms with van der Waals surface area (Å²) in [5, 5.41) is 0.662. The standard InChI is InChI=1S/C23H27ClN4O2/c1-23(2,3)30-22(29)27-11-9-16(10-12-27)13-18-5-4-6-19(26-18)20-14-25-21-8-7-17(24)15-28(20)21/h4-8,14-16H,9-13H2,1-3H3. The number of piperidine rings is 1. The van der Waals surface area contributed by atoms with E-state index < -0.39 is 5.60 Å². The molecule has 0 atom stereocenters. The summed E-state index contributed by atoms with van der Waals surface area (Å²) in [6, 6.07) is 9.84. The zero-order valence-corrected chi connectivity index (χ0v) is 18.4. The molecule has 0 aliphatic carbocycles. The molecule has 4 heterocycles. The van der Waals surface area contributed by atoms with E-state index in [2.05, 4.69) is 11.1 Å². The summed E-state index contributed by atoms with van der Waals surface area (Å²) in [6.45, 7) is 7.14. The fraction of sp³-hybridized carbons (Fsp3) is 0.435. The molecule has 0 radical (unpaired) electrons. The molecule has 1 amide bonds. The lowest BCUT2D eigenvalue weighted by molar-refractivity contribution is 0.0184. The molecular formula is C23H27ClN4O2. The molecule has 0 spiro atoms. The van der Waals surface area contributed by atoms with Gasteiger partial charge in [-0.15, -0.1) is 0 Å². The van der Waals surface area contributed by atoms with Crippen LogP contribution in [0.15, 0.2) is 42.7 Å². The second-order valence-electron chi connectivity index (χ2n) is 8.85. The van der Waals surface area contributed by atoms with Gasteiger partial charge in [-0.05, 0) is 70.2 Å². The van der Waals surface area contributed by atoms with E-state index in [0.717, 1.165) is 55.1 Å². The van der Waals surface area contributed by atoms with Gasteiger partial charge in [0.15, 0.2) is 0 Å². The number of hydrogen-bond acceptors (Lipinski definition) is 4. The molecule has 1 aliphatic heterocycles. The summed E-state index contributed by atoms with van der Waals surface area (Å²) >= 11 is 6.16. The van der Waals surface area contributed by atoms with Crippen molar-refractivity contribution in [2.24, 2.45) is 5.92 Å². The van der Waals surface area contributed by atoms with Crippen LogP contribution >= 0.6 is 11.6 Å². The van der Waals surface area contributed by atoms with E-state index >= 15 is 0 Å². The second kappa shape index (κ2) is 8.26. The highest BCUT2D eigenvalue weighted by atomic mass is 35.5. The topological polar surface area (TPSA) is 59.7 Å². The van der Waals surface area contributed by atoms with Gasteiger partial charge in [-0.3, -0.25) is 9.38 Å². The van der Waals surface area contributed by atoms with Crippen LogP contribution in [0.2, 0.25) is 5.02 Å². The molecular weight excluding hydrogens is 400 g/mol. The molecule has 158 valence electrons. The summed E-state index contributed by atoms with van der Waals surface area (Å²) < 4.78 is 7.45. The Balaban J connectivity index is 1.42. The molecule has 30 heavy (non-hydrogen) atoms. The largest absolute Gasteiger partial charge is 0.444 e. The molecule has 1 aliphatic rings. The van der Waals surface area contributed by atoms with Gasteiger partial charge in [0, 0.05) is 25.0 Å². The van der Waals surface area contributed by atoms with Crippen molar-refractivity contribution in [3.63, 3.8) is 0 Å². The predicted octanol–water partition coefficient (Wildman–Crippen LogP) is 5.24. The minimum absolute atomic E-state index is 0.215. The fourth-order valence-electron chi connectivity index (χ4n) is 3.82. The minimum Gasteiger partial charge on any atom is -0.444 e. The number of halogens is 1. The molecule has 6 nitrogen and oxygen atoms in total. The van der Waals surface area contributed by atoms with Gasteiger partial charge >= 0.3 is 6.09 Å². The molecule has 3 aromatic rings. The van der Waals surface area contributed by atoms with Gasteiger partial charge in [0.05, 0.1) is 22.6 Å². The Bertz CT molecular complexity index is 1050. The summed E-state index contributed by atoms with van der Waals surface area (Å²) in [7, 11) is 0. The van der Waals surface area contributed by atoms with Crippen LogP contribution in [0.5, 0.6) is 0 Å². The molecule has 4 rings (SSSR count). The van der Waals surface area contributed by atoms with Crippen LogP contribution in [0.3, 0.4) is 0 Å². The van der Waals surface area contributed by atoms with E-state index in [1.54, 1.807) is 0 Å². The Morgan fingerprint density at radius 2 is 1.97 bits per heavy atom. The third kappa shape index (κ3) is 4.75. The van der Waals surface area contributed by atoms with E-state index in [9.17, 15) is 4.79 Å². The van der Waals surface area contributed by atoms with Crippen molar-refractivity contribution in [2.75, 3.05) is 13.1 Å². The quantitative estimate of drug-likeness (QED) is 0.574. The van der Waals surface area contributed by atoms with Crippen LogP contribution in [-0.2, 0) is 11.2 Å². The van der Waals surface area contributed by atoms with Crippen molar-refractivity contribution in [3.05, 3.63) is 53.4 Å². The van der Waals surface area contributed by atoms with Crippen LogP contribution in [0.1, 0.15) is 39.3 Å². The van der Waals surface area contributed by atoms with E-state index in [1.165, 1.54) is 0 Å². The summed E-state index contributed by atoms with van der Waals surface area (Å²) in [4.78, 5) is 23.4. The average molecular weight is 427 g/mol. The number of fused-ring (bicyclic) bond motifs is 1. The van der Waals surface area contributed by atoms with Crippen molar-refractivity contribution in [3.8, 4) is 11.4 Å². The van der Waals surface area contributed by atoms with Crippen LogP contribution in [-0.4, -0.2) is 44.1 Å². The molecule has 0 saturated carbocycles. The Morgan fingerprint density at radius 1 is 1.20 bits per heavy atom. The van der Waals surface area contributed by atoms with Gasteiger partial charge in [0.25, 0.3) is 0 Å². The zero-order valence-electron chi connectivity index (χ0n) is 17.6. The number of rotatable bonds is 3. The van der Waals surface area contributed by atoms with E-state index in [4.69, 9.17) is 21.3 Å². The maximum atomic E-state index is 12.3. The van der Waals surface area contributed by atoms with Gasteiger partial charge in [0.1, 0.15) is 11.2 Å². The number of likely N-dealkylation sites (tertiary alicyclic amines) is 1. The third-order valence-electron chi connectivity index (χ3n) is 5.30. The van der Waals surface area contributed by atoms with Crippen LogP contribution < -0.4 is 0 Å². The number of carbonyl (C=O) groups excluding carboxylic acids is 1. The molecule has 0 unspecified atom stereocenters. The van der Waals surface area contributed by atoms with Crippen molar-refractivity contribution in [1.82, 2.24) is 19.3 Å². The smallest absolute Gasteiger partial charge is 0.410 e. The first-order chi connectivity index (χ1) is 14.3. The van der Waals surface area contributed by atoms with Crippen LogP contribution in [0, 0.1) is 5.92 Å². The highest BCUT2D eigenvalue weighted by Crippen LogP contribution is 2.25. The lowest BCUT2D eigenvalue weighted by atomic mass is 9.92. The first-order valence-electron chi connectivity index (χ1n) is 10.4. The number of imidazole rings is 1. The normalized spacial score (nSPS) is 15.5. The SMILES string of the molecule is CC(C)(C)OC(=O)N1CCC(Cc2cccc(-c3cnc4ccc(Cl)cn34)n2)CC1. The molecule has 0 aromatic carbocycles. The first kappa shape index (κ1) is 20.7. The number of aromatic nitrogens is 3. The number of hydrogen-bond donors (Lipinski definition) is 0. The lowest BCUT2D eigenvalue weighted by Crippen LogP contribution is -2.42. The summed E-state index contributed by atoms with van der Waals surface area (Å²) in [5.74, 6) is 0.503. The fourth-order valence-corrected chi connectivity index (χ4v) is 3.98. The van der Waals surface area contributed by atoms with Gasteiger partial charge in [0.2, 0.25) is 0 Å². The number of amides is 1. The van der Waals surface area contributed by atoms with E-state index in [-0.39, 0.29) is 6.09 Å². The van der Waals surface area contributed by atoms with E-state index in [1.807, 2.05) is 66.7 Å². The summed E-state index contributed by atoms with van der Waals surface area (Å²) in [6.07, 6.45) is 6.28. The van der Waals surface area contributed by atoms with Crippen molar-refractivity contribution in [1.29, 1.82) is 0 Å². The van der Waals surface area contributed by atoms with Crippen LogP contribution in [0.25, 0.3) is 17.0 Å². The Kier molecular flexibility index (Phi) is 5.69. The molecule has 1 saturated heterocycles. The zero-order chi connectivity index (χ0) is 21.3. The van der Waals surface area contributed by atoms with Crippen molar-refractivity contribution >= 4 is 23.3 Å². The molecule has 3 aromatic heterocycles. The highest BCUT2D eigenvalue weighted by molar-refractivity contribution is 6.30. The Labute approximate surface area is 181 Å². The van der Waals surface area contributed by atoms with Gasteiger partial charge in [-0.2, -0.15) is 0 Å². The van der Waals surface area contributed by atoms with Gasteiger partial charge in [-0.1, -0.05) is 17.7 Å². The number of ether oxygens (including phenoxy) is 1.